The van der Waals surface area contributed by atoms with Crippen molar-refractivity contribution < 1.29 is 4.79 Å². The van der Waals surface area contributed by atoms with Crippen LogP contribution in [0.2, 0.25) is 0 Å². The molecule has 90 valence electrons. The maximum atomic E-state index is 11.3. The van der Waals surface area contributed by atoms with E-state index in [-0.39, 0.29) is 5.56 Å². The van der Waals surface area contributed by atoms with Gasteiger partial charge in [-0.3, -0.25) is 4.79 Å². The number of hydrogen-bond acceptors (Lipinski definition) is 3. The summed E-state index contributed by atoms with van der Waals surface area (Å²) in [6, 6.07) is 5.29. The molecule has 0 unspecified atom stereocenters. The fraction of sp³-hybridized carbons (Fsp3) is 0.462. The van der Waals surface area contributed by atoms with Crippen molar-refractivity contribution in [1.29, 1.82) is 0 Å². The van der Waals surface area contributed by atoms with E-state index in [2.05, 4.69) is 5.18 Å². The Labute approximate surface area is 100 Å². The number of carbonyl (C=O) groups is 1. The lowest BCUT2D eigenvalue weighted by atomic mass is 9.82. The van der Waals surface area contributed by atoms with Gasteiger partial charge in [0, 0.05) is 10.9 Å². The molecule has 0 radical (unpaired) electrons. The van der Waals surface area contributed by atoms with Crippen LogP contribution < -0.4 is 5.73 Å². The molecule has 4 heteroatoms. The second kappa shape index (κ2) is 5.08. The van der Waals surface area contributed by atoms with Crippen LogP contribution in [0.1, 0.15) is 53.9 Å². The summed E-state index contributed by atoms with van der Waals surface area (Å²) >= 11 is 0. The fourth-order valence-corrected chi connectivity index (χ4v) is 2.59. The molecule has 17 heavy (non-hydrogen) atoms. The number of nitrogens with zero attached hydrogens (tertiary/aromatic N) is 1. The number of rotatable bonds is 2. The summed E-state index contributed by atoms with van der Waals surface area (Å²) in [5, 5.41) is 2.44. The standard InChI is InChI=1S/C13H16N2O2/c14-12-10(9-5-2-1-3-6-9)7-4-8-11(12)13(16)15-17/h4,7-9H,1-3,5-6,14H2. The average Bonchev–Trinajstić information content (AvgIpc) is 2.39. The molecule has 0 spiro atoms. The van der Waals surface area contributed by atoms with Gasteiger partial charge in [0.05, 0.1) is 5.56 Å². The van der Waals surface area contributed by atoms with E-state index in [1.165, 1.54) is 19.3 Å². The third kappa shape index (κ3) is 2.35. The molecular formula is C13H16N2O2. The lowest BCUT2D eigenvalue weighted by Crippen LogP contribution is -2.10. The van der Waals surface area contributed by atoms with Gasteiger partial charge < -0.3 is 5.73 Å². The van der Waals surface area contributed by atoms with Crippen molar-refractivity contribution in [3.05, 3.63) is 34.2 Å². The zero-order chi connectivity index (χ0) is 12.3. The molecular weight excluding hydrogens is 216 g/mol. The highest BCUT2D eigenvalue weighted by atomic mass is 16.3. The van der Waals surface area contributed by atoms with Gasteiger partial charge in [0.2, 0.25) is 0 Å². The molecule has 0 aliphatic heterocycles. The fourth-order valence-electron chi connectivity index (χ4n) is 2.59. The Balaban J connectivity index is 2.34. The third-order valence-corrected chi connectivity index (χ3v) is 3.50. The van der Waals surface area contributed by atoms with Crippen LogP contribution >= 0.6 is 0 Å². The molecule has 1 amide bonds. The molecule has 2 rings (SSSR count). The zero-order valence-corrected chi connectivity index (χ0v) is 9.69. The summed E-state index contributed by atoms with van der Waals surface area (Å²) < 4.78 is 0. The molecule has 1 fully saturated rings. The Morgan fingerprint density at radius 3 is 2.59 bits per heavy atom. The van der Waals surface area contributed by atoms with Crippen LogP contribution in [0.3, 0.4) is 0 Å². The Bertz CT molecular complexity index is 437. The second-order valence-corrected chi connectivity index (χ2v) is 4.54. The van der Waals surface area contributed by atoms with Crippen molar-refractivity contribution in [1.82, 2.24) is 0 Å². The van der Waals surface area contributed by atoms with Gasteiger partial charge in [-0.05, 0) is 30.4 Å². The van der Waals surface area contributed by atoms with E-state index in [9.17, 15) is 9.70 Å². The normalized spacial score (nSPS) is 16.7. The van der Waals surface area contributed by atoms with Gasteiger partial charge in [-0.2, -0.15) is 0 Å². The van der Waals surface area contributed by atoms with Gasteiger partial charge in [0.1, 0.15) is 0 Å². The van der Waals surface area contributed by atoms with Gasteiger partial charge in [-0.25, -0.2) is 0 Å². The van der Waals surface area contributed by atoms with Crippen LogP contribution in [0.15, 0.2) is 23.4 Å². The van der Waals surface area contributed by atoms with E-state index in [1.807, 2.05) is 6.07 Å². The predicted octanol–water partition coefficient (Wildman–Crippen LogP) is 3.22. The molecule has 1 aliphatic rings. The first-order valence-corrected chi connectivity index (χ1v) is 6.00. The molecule has 0 bridgehead atoms. The Morgan fingerprint density at radius 2 is 1.94 bits per heavy atom. The van der Waals surface area contributed by atoms with Crippen molar-refractivity contribution in [3.8, 4) is 0 Å². The van der Waals surface area contributed by atoms with Crippen molar-refractivity contribution in [3.63, 3.8) is 0 Å². The number of nitrogens with two attached hydrogens (primary N) is 1. The Kier molecular flexibility index (Phi) is 3.52. The minimum Gasteiger partial charge on any atom is -0.398 e. The topological polar surface area (TPSA) is 72.5 Å². The lowest BCUT2D eigenvalue weighted by molar-refractivity contribution is 0.100. The number of nitrogen functional groups attached to an aromatic ring is 1. The van der Waals surface area contributed by atoms with E-state index in [0.29, 0.717) is 11.6 Å². The number of anilines is 1. The highest BCUT2D eigenvalue weighted by molar-refractivity contribution is 6.00. The number of amides is 1. The predicted molar refractivity (Wildman–Crippen MR) is 66.8 cm³/mol. The number of para-hydroxylation sites is 1. The van der Waals surface area contributed by atoms with Gasteiger partial charge in [-0.15, -0.1) is 4.91 Å². The second-order valence-electron chi connectivity index (χ2n) is 4.54. The van der Waals surface area contributed by atoms with Gasteiger partial charge in [0.25, 0.3) is 0 Å². The maximum absolute atomic E-state index is 11.3. The molecule has 0 atom stereocenters. The van der Waals surface area contributed by atoms with Gasteiger partial charge in [-0.1, -0.05) is 31.4 Å². The first kappa shape index (κ1) is 11.8. The number of nitroso groups, excluding NO2 is 1. The number of benzene rings is 1. The average molecular weight is 232 g/mol. The third-order valence-electron chi connectivity index (χ3n) is 3.50. The van der Waals surface area contributed by atoms with Crippen molar-refractivity contribution >= 4 is 11.6 Å². The number of carbonyl (C=O) groups excluding carboxylic acids is 1. The van der Waals surface area contributed by atoms with Crippen LogP contribution in [0, 0.1) is 4.91 Å². The minimum atomic E-state index is -0.778. The molecule has 0 heterocycles. The SMILES string of the molecule is Nc1c(C(=O)N=O)cccc1C1CCCCC1. The molecule has 1 aromatic rings. The van der Waals surface area contributed by atoms with E-state index in [4.69, 9.17) is 5.73 Å². The number of hydrogen-bond donors (Lipinski definition) is 1. The summed E-state index contributed by atoms with van der Waals surface area (Å²) in [6.07, 6.45) is 5.89. The smallest absolute Gasteiger partial charge is 0.318 e. The molecule has 0 saturated heterocycles. The molecule has 0 aromatic heterocycles. The van der Waals surface area contributed by atoms with Gasteiger partial charge >= 0.3 is 5.91 Å². The zero-order valence-electron chi connectivity index (χ0n) is 9.69. The monoisotopic (exact) mass is 232 g/mol. The van der Waals surface area contributed by atoms with Crippen molar-refractivity contribution in [2.45, 2.75) is 38.0 Å². The van der Waals surface area contributed by atoms with Crippen molar-refractivity contribution in [2.75, 3.05) is 5.73 Å². The first-order valence-electron chi connectivity index (χ1n) is 6.00. The summed E-state index contributed by atoms with van der Waals surface area (Å²) in [5.74, 6) is -0.358. The quantitative estimate of drug-likeness (QED) is 0.628. The van der Waals surface area contributed by atoms with Crippen LogP contribution in [0.25, 0.3) is 0 Å². The van der Waals surface area contributed by atoms with E-state index < -0.39 is 5.91 Å². The molecule has 4 nitrogen and oxygen atoms in total. The summed E-state index contributed by atoms with van der Waals surface area (Å²) in [5.41, 5.74) is 7.64. The maximum Gasteiger partial charge on any atom is 0.318 e. The molecule has 2 N–H and O–H groups in total. The molecule has 1 aromatic carbocycles. The summed E-state index contributed by atoms with van der Waals surface area (Å²) in [7, 11) is 0. The Hall–Kier alpha value is -1.71. The van der Waals surface area contributed by atoms with Crippen LogP contribution in [-0.2, 0) is 0 Å². The van der Waals surface area contributed by atoms with E-state index in [0.717, 1.165) is 18.4 Å². The van der Waals surface area contributed by atoms with Crippen LogP contribution in [0.4, 0.5) is 5.69 Å². The van der Waals surface area contributed by atoms with E-state index >= 15 is 0 Å². The van der Waals surface area contributed by atoms with E-state index in [1.54, 1.807) is 12.1 Å². The van der Waals surface area contributed by atoms with Gasteiger partial charge in [0.15, 0.2) is 0 Å². The largest absolute Gasteiger partial charge is 0.398 e. The first-order chi connectivity index (χ1) is 8.24. The highest BCUT2D eigenvalue weighted by Crippen LogP contribution is 2.36. The summed E-state index contributed by atoms with van der Waals surface area (Å²) in [4.78, 5) is 21.6. The van der Waals surface area contributed by atoms with Crippen LogP contribution in [-0.4, -0.2) is 5.91 Å². The highest BCUT2D eigenvalue weighted by Gasteiger charge is 2.20. The lowest BCUT2D eigenvalue weighted by Gasteiger charge is -2.23. The van der Waals surface area contributed by atoms with Crippen LogP contribution in [0.5, 0.6) is 0 Å². The summed E-state index contributed by atoms with van der Waals surface area (Å²) in [6.45, 7) is 0. The Morgan fingerprint density at radius 1 is 1.24 bits per heavy atom. The van der Waals surface area contributed by atoms with Crippen molar-refractivity contribution in [2.24, 2.45) is 5.18 Å². The molecule has 1 saturated carbocycles. The minimum absolute atomic E-state index is 0.239. The molecule has 1 aliphatic carbocycles.